The van der Waals surface area contributed by atoms with Gasteiger partial charge < -0.3 is 10.6 Å². The maximum absolute atomic E-state index is 11.8. The van der Waals surface area contributed by atoms with Gasteiger partial charge in [-0.3, -0.25) is 4.79 Å². The molecule has 8 heteroatoms. The lowest BCUT2D eigenvalue weighted by Crippen LogP contribution is -2.32. The van der Waals surface area contributed by atoms with Crippen molar-refractivity contribution in [3.05, 3.63) is 22.7 Å². The zero-order valence-corrected chi connectivity index (χ0v) is 12.1. The van der Waals surface area contributed by atoms with Crippen LogP contribution in [0.25, 0.3) is 5.78 Å². The second kappa shape index (κ2) is 6.58. The third kappa shape index (κ3) is 3.71. The van der Waals surface area contributed by atoms with Crippen molar-refractivity contribution in [2.45, 2.75) is 13.3 Å². The first kappa shape index (κ1) is 13.9. The number of rotatable bonds is 6. The summed E-state index contributed by atoms with van der Waals surface area (Å²) in [6.07, 6.45) is 4.39. The van der Waals surface area contributed by atoms with Gasteiger partial charge in [0.25, 0.3) is 11.7 Å². The second-order valence-corrected chi connectivity index (χ2v) is 4.87. The molecule has 0 aromatic carbocycles. The molecule has 7 nitrogen and oxygen atoms in total. The van der Waals surface area contributed by atoms with Gasteiger partial charge in [-0.25, -0.2) is 9.50 Å². The van der Waals surface area contributed by atoms with Crippen LogP contribution in [0.1, 0.15) is 24.0 Å². The van der Waals surface area contributed by atoms with E-state index in [1.165, 1.54) is 4.52 Å². The van der Waals surface area contributed by atoms with Crippen LogP contribution in [-0.4, -0.2) is 45.1 Å². The highest BCUT2D eigenvalue weighted by atomic mass is 79.9. The van der Waals surface area contributed by atoms with Crippen LogP contribution in [0.5, 0.6) is 0 Å². The maximum Gasteiger partial charge on any atom is 0.291 e. The highest BCUT2D eigenvalue weighted by Gasteiger charge is 2.12. The molecule has 2 aromatic rings. The number of hydrogen-bond donors (Lipinski definition) is 2. The molecular formula is C11H15BrN6O. The molecule has 0 saturated carbocycles. The summed E-state index contributed by atoms with van der Waals surface area (Å²) in [5, 5.41) is 10.0. The fourth-order valence-corrected chi connectivity index (χ4v) is 1.80. The molecular weight excluding hydrogens is 312 g/mol. The Bertz CT molecular complexity index is 569. The minimum absolute atomic E-state index is 0.126. The number of halogens is 1. The lowest BCUT2D eigenvalue weighted by molar-refractivity contribution is 0.0944. The standard InChI is InChI=1S/C11H15BrN6O/c1-2-3-13-4-5-14-10(19)9-16-11-15-6-8(12)7-18(11)17-9/h6-7,13H,2-5H2,1H3,(H,14,19). The number of amides is 1. The van der Waals surface area contributed by atoms with Crippen molar-refractivity contribution in [3.63, 3.8) is 0 Å². The van der Waals surface area contributed by atoms with Gasteiger partial charge >= 0.3 is 0 Å². The van der Waals surface area contributed by atoms with E-state index in [9.17, 15) is 4.79 Å². The van der Waals surface area contributed by atoms with Crippen LogP contribution in [-0.2, 0) is 0 Å². The van der Waals surface area contributed by atoms with Crippen LogP contribution < -0.4 is 10.6 Å². The highest BCUT2D eigenvalue weighted by Crippen LogP contribution is 2.07. The van der Waals surface area contributed by atoms with Crippen molar-refractivity contribution in [3.8, 4) is 0 Å². The summed E-state index contributed by atoms with van der Waals surface area (Å²) in [7, 11) is 0. The molecule has 0 aliphatic rings. The van der Waals surface area contributed by atoms with Gasteiger partial charge in [-0.05, 0) is 28.9 Å². The van der Waals surface area contributed by atoms with E-state index in [4.69, 9.17) is 0 Å². The molecule has 0 bridgehead atoms. The Morgan fingerprint density at radius 2 is 2.26 bits per heavy atom. The van der Waals surface area contributed by atoms with Gasteiger partial charge in [-0.15, -0.1) is 5.10 Å². The lowest BCUT2D eigenvalue weighted by Gasteiger charge is -2.03. The normalized spacial score (nSPS) is 10.8. The minimum atomic E-state index is -0.292. The van der Waals surface area contributed by atoms with E-state index in [0.717, 1.165) is 24.0 Å². The molecule has 0 saturated heterocycles. The van der Waals surface area contributed by atoms with E-state index >= 15 is 0 Å². The molecule has 0 atom stereocenters. The number of nitrogens with zero attached hydrogens (tertiary/aromatic N) is 4. The van der Waals surface area contributed by atoms with Crippen molar-refractivity contribution in [1.82, 2.24) is 30.2 Å². The summed E-state index contributed by atoms with van der Waals surface area (Å²) in [5.41, 5.74) is 0. The first-order valence-corrected chi connectivity index (χ1v) is 6.87. The summed E-state index contributed by atoms with van der Waals surface area (Å²) in [6, 6.07) is 0. The molecule has 1 amide bonds. The number of aromatic nitrogens is 4. The SMILES string of the molecule is CCCNCCNC(=O)c1nc2ncc(Br)cn2n1. The topological polar surface area (TPSA) is 84.2 Å². The Labute approximate surface area is 118 Å². The zero-order chi connectivity index (χ0) is 13.7. The van der Waals surface area contributed by atoms with Gasteiger partial charge in [0.2, 0.25) is 5.82 Å². The smallest absolute Gasteiger partial charge is 0.291 e. The van der Waals surface area contributed by atoms with Crippen molar-refractivity contribution < 1.29 is 4.79 Å². The third-order valence-electron chi connectivity index (χ3n) is 2.38. The molecule has 0 unspecified atom stereocenters. The molecule has 0 spiro atoms. The molecule has 2 N–H and O–H groups in total. The Hall–Kier alpha value is -1.54. The summed E-state index contributed by atoms with van der Waals surface area (Å²) >= 11 is 3.28. The van der Waals surface area contributed by atoms with Gasteiger partial charge in [-0.1, -0.05) is 6.92 Å². The molecule has 2 heterocycles. The van der Waals surface area contributed by atoms with Crippen molar-refractivity contribution in [2.24, 2.45) is 0 Å². The first-order valence-electron chi connectivity index (χ1n) is 6.07. The van der Waals surface area contributed by atoms with E-state index in [-0.39, 0.29) is 11.7 Å². The van der Waals surface area contributed by atoms with Gasteiger partial charge in [0.15, 0.2) is 0 Å². The third-order valence-corrected chi connectivity index (χ3v) is 2.79. The summed E-state index contributed by atoms with van der Waals surface area (Å²) < 4.78 is 2.24. The summed E-state index contributed by atoms with van der Waals surface area (Å²) in [4.78, 5) is 19.9. The predicted octanol–water partition coefficient (Wildman–Crippen LogP) is 0.616. The Kier molecular flexibility index (Phi) is 4.80. The Balaban J connectivity index is 1.94. The van der Waals surface area contributed by atoms with Crippen molar-refractivity contribution in [1.29, 1.82) is 0 Å². The number of carbonyl (C=O) groups excluding carboxylic acids is 1. The van der Waals surface area contributed by atoms with Gasteiger partial charge in [0.1, 0.15) is 0 Å². The van der Waals surface area contributed by atoms with Crippen LogP contribution >= 0.6 is 15.9 Å². The average Bonchev–Trinajstić information content (AvgIpc) is 2.81. The van der Waals surface area contributed by atoms with Crippen molar-refractivity contribution >= 4 is 27.6 Å². The van der Waals surface area contributed by atoms with E-state index in [1.54, 1.807) is 12.4 Å². The predicted molar refractivity (Wildman–Crippen MR) is 74.0 cm³/mol. The van der Waals surface area contributed by atoms with Gasteiger partial charge in [0.05, 0.1) is 4.47 Å². The van der Waals surface area contributed by atoms with E-state index in [0.29, 0.717) is 12.3 Å². The molecule has 0 aliphatic heterocycles. The average molecular weight is 327 g/mol. The summed E-state index contributed by atoms with van der Waals surface area (Å²) in [6.45, 7) is 4.32. The largest absolute Gasteiger partial charge is 0.348 e. The van der Waals surface area contributed by atoms with E-state index in [2.05, 4.69) is 48.6 Å². The second-order valence-electron chi connectivity index (χ2n) is 3.96. The van der Waals surface area contributed by atoms with E-state index < -0.39 is 0 Å². The first-order chi connectivity index (χ1) is 9.20. The van der Waals surface area contributed by atoms with Gasteiger partial charge in [0, 0.05) is 25.5 Å². The van der Waals surface area contributed by atoms with Crippen LogP contribution in [0.4, 0.5) is 0 Å². The Morgan fingerprint density at radius 1 is 1.42 bits per heavy atom. The quantitative estimate of drug-likeness (QED) is 0.760. The summed E-state index contributed by atoms with van der Waals surface area (Å²) in [5.74, 6) is 0.235. The molecule has 0 fully saturated rings. The maximum atomic E-state index is 11.8. The molecule has 0 radical (unpaired) electrons. The fraction of sp³-hybridized carbons (Fsp3) is 0.455. The number of carbonyl (C=O) groups is 1. The molecule has 0 aliphatic carbocycles. The Morgan fingerprint density at radius 3 is 3.05 bits per heavy atom. The highest BCUT2D eigenvalue weighted by molar-refractivity contribution is 9.10. The molecule has 2 rings (SSSR count). The van der Waals surface area contributed by atoms with Crippen LogP contribution in [0.2, 0.25) is 0 Å². The fourth-order valence-electron chi connectivity index (χ4n) is 1.50. The number of nitrogens with one attached hydrogen (secondary N) is 2. The molecule has 19 heavy (non-hydrogen) atoms. The van der Waals surface area contributed by atoms with Crippen molar-refractivity contribution in [2.75, 3.05) is 19.6 Å². The van der Waals surface area contributed by atoms with Crippen LogP contribution in [0.3, 0.4) is 0 Å². The lowest BCUT2D eigenvalue weighted by atomic mass is 10.4. The molecule has 2 aromatic heterocycles. The number of hydrogen-bond acceptors (Lipinski definition) is 5. The van der Waals surface area contributed by atoms with Crippen LogP contribution in [0, 0.1) is 0 Å². The minimum Gasteiger partial charge on any atom is -0.348 e. The van der Waals surface area contributed by atoms with E-state index in [1.807, 2.05) is 0 Å². The number of fused-ring (bicyclic) bond motifs is 1. The van der Waals surface area contributed by atoms with Gasteiger partial charge in [-0.2, -0.15) is 4.98 Å². The monoisotopic (exact) mass is 326 g/mol. The van der Waals surface area contributed by atoms with Crippen LogP contribution in [0.15, 0.2) is 16.9 Å². The molecule has 102 valence electrons. The zero-order valence-electron chi connectivity index (χ0n) is 10.6.